The van der Waals surface area contributed by atoms with Crippen LogP contribution in [0.1, 0.15) is 25.7 Å². The van der Waals surface area contributed by atoms with Crippen molar-refractivity contribution in [2.45, 2.75) is 37.8 Å². The van der Waals surface area contributed by atoms with Gasteiger partial charge in [-0.1, -0.05) is 6.58 Å². The summed E-state index contributed by atoms with van der Waals surface area (Å²) in [5.74, 6) is -0.961. The minimum atomic E-state index is -1.29. The van der Waals surface area contributed by atoms with Gasteiger partial charge in [0, 0.05) is 12.8 Å². The van der Waals surface area contributed by atoms with Crippen LogP contribution in [0.3, 0.4) is 0 Å². The van der Waals surface area contributed by atoms with Crippen molar-refractivity contribution in [2.24, 2.45) is 11.5 Å². The summed E-state index contributed by atoms with van der Waals surface area (Å²) in [6, 6.07) is -1.20. The maximum absolute atomic E-state index is 10.3. The summed E-state index contributed by atoms with van der Waals surface area (Å²) >= 11 is 0. The molecule has 0 radical (unpaired) electrons. The van der Waals surface area contributed by atoms with Crippen LogP contribution in [0, 0.1) is 0 Å². The maximum Gasteiger partial charge on any atom is 0.405 e. The second-order valence-electron chi connectivity index (χ2n) is 4.32. The maximum atomic E-state index is 10.3. The zero-order valence-corrected chi connectivity index (χ0v) is 13.8. The summed E-state index contributed by atoms with van der Waals surface area (Å²) in [5.41, 5.74) is 9.68. The highest BCUT2D eigenvalue weighted by Gasteiger charge is 2.10. The Bertz CT molecular complexity index is 431. The van der Waals surface area contributed by atoms with Crippen LogP contribution in [0.25, 0.3) is 0 Å². The van der Waals surface area contributed by atoms with Crippen LogP contribution in [0.2, 0.25) is 0 Å². The standard InChI is InChI=1S/C7H12N2O2.C6H10N2O4.H3N.H2O/c1-2-9-6(5-10)3-4-7(8)11;7-5(10)2-1-4(3-9)8-6(11)12;;/h2,5-6,9H,1,3-4H2,(H2,8,11);3-4,8H,1-2H2,(H2,7,10)(H,11,12);1H3;1H2/t6-;4-;;/m00../s1. The van der Waals surface area contributed by atoms with Gasteiger partial charge in [0.05, 0.1) is 12.1 Å². The monoisotopic (exact) mass is 365 g/mol. The number of carbonyl (C=O) groups excluding carboxylic acids is 4. The molecule has 12 nitrogen and oxygen atoms in total. The average Bonchev–Trinajstić information content (AvgIpc) is 2.47. The van der Waals surface area contributed by atoms with E-state index in [1.165, 1.54) is 6.20 Å². The van der Waals surface area contributed by atoms with Gasteiger partial charge in [-0.2, -0.15) is 0 Å². The number of hydrogen-bond donors (Lipinski definition) is 6. The van der Waals surface area contributed by atoms with Crippen molar-refractivity contribution in [2.75, 3.05) is 0 Å². The Hall–Kier alpha value is -2.99. The van der Waals surface area contributed by atoms with Crippen LogP contribution < -0.4 is 28.3 Å². The third kappa shape index (κ3) is 23.4. The number of aldehydes is 2. The lowest BCUT2D eigenvalue weighted by Crippen LogP contribution is -2.35. The number of nitrogens with one attached hydrogen (secondary N) is 2. The van der Waals surface area contributed by atoms with E-state index in [1.807, 2.05) is 5.32 Å². The molecule has 0 heterocycles. The Morgan fingerprint density at radius 2 is 1.40 bits per heavy atom. The van der Waals surface area contributed by atoms with E-state index in [0.717, 1.165) is 6.29 Å². The molecule has 2 atom stereocenters. The van der Waals surface area contributed by atoms with Crippen LogP contribution in [0.15, 0.2) is 12.8 Å². The zero-order chi connectivity index (χ0) is 18.3. The molecular formula is C13H27N5O7. The van der Waals surface area contributed by atoms with Crippen molar-refractivity contribution in [1.82, 2.24) is 16.8 Å². The van der Waals surface area contributed by atoms with Gasteiger partial charge >= 0.3 is 6.09 Å². The Labute approximate surface area is 144 Å². The minimum Gasteiger partial charge on any atom is -0.465 e. The van der Waals surface area contributed by atoms with E-state index in [4.69, 9.17) is 16.6 Å². The van der Waals surface area contributed by atoms with Crippen LogP contribution in [-0.2, 0) is 19.2 Å². The minimum absolute atomic E-state index is 0. The normalized spacial score (nSPS) is 10.7. The lowest BCUT2D eigenvalue weighted by molar-refractivity contribution is -0.119. The third-order valence-corrected chi connectivity index (χ3v) is 2.37. The Kier molecular flexibility index (Phi) is 22.8. The molecule has 0 unspecified atom stereocenters. The van der Waals surface area contributed by atoms with Gasteiger partial charge in [0.25, 0.3) is 0 Å². The summed E-state index contributed by atoms with van der Waals surface area (Å²) < 4.78 is 0. The van der Waals surface area contributed by atoms with Gasteiger partial charge in [-0.25, -0.2) is 4.79 Å². The summed E-state index contributed by atoms with van der Waals surface area (Å²) in [5, 5.41) is 12.8. The first-order valence-electron chi connectivity index (χ1n) is 6.60. The number of amides is 3. The summed E-state index contributed by atoms with van der Waals surface area (Å²) in [6.45, 7) is 3.39. The predicted octanol–water partition coefficient (Wildman–Crippen LogP) is -2.02. The van der Waals surface area contributed by atoms with Gasteiger partial charge in [0.15, 0.2) is 0 Å². The smallest absolute Gasteiger partial charge is 0.405 e. The lowest BCUT2D eigenvalue weighted by atomic mass is 10.2. The molecule has 0 aliphatic heterocycles. The van der Waals surface area contributed by atoms with E-state index < -0.39 is 23.9 Å². The first-order valence-corrected chi connectivity index (χ1v) is 6.60. The topological polar surface area (TPSA) is 248 Å². The number of carbonyl (C=O) groups is 5. The predicted molar refractivity (Wildman–Crippen MR) is 89.7 cm³/mol. The fourth-order valence-electron chi connectivity index (χ4n) is 1.27. The average molecular weight is 365 g/mol. The number of nitrogens with two attached hydrogens (primary N) is 2. The van der Waals surface area contributed by atoms with Crippen molar-refractivity contribution < 1.29 is 34.6 Å². The fraction of sp³-hybridized carbons (Fsp3) is 0.462. The van der Waals surface area contributed by atoms with E-state index in [-0.39, 0.29) is 36.9 Å². The SMILES string of the molecule is C=CN[C@H](C=O)CCC(N)=O.N.NC(=O)CC[C@@H](C=O)NC(=O)O.O. The van der Waals surface area contributed by atoms with Crippen molar-refractivity contribution in [3.05, 3.63) is 12.8 Å². The molecule has 0 aromatic heterocycles. The first-order chi connectivity index (χ1) is 10.8. The molecule has 0 rings (SSSR count). The Morgan fingerprint density at radius 3 is 1.68 bits per heavy atom. The van der Waals surface area contributed by atoms with Gasteiger partial charge in [-0.3, -0.25) is 9.59 Å². The lowest BCUT2D eigenvalue weighted by Gasteiger charge is -2.07. The summed E-state index contributed by atoms with van der Waals surface area (Å²) in [4.78, 5) is 51.0. The highest BCUT2D eigenvalue weighted by molar-refractivity contribution is 5.76. The van der Waals surface area contributed by atoms with Crippen LogP contribution in [0.4, 0.5) is 4.79 Å². The number of carboxylic acid groups (broad SMARTS) is 1. The molecule has 146 valence electrons. The van der Waals surface area contributed by atoms with E-state index in [0.29, 0.717) is 12.7 Å². The number of rotatable bonds is 11. The second kappa shape index (κ2) is 19.1. The largest absolute Gasteiger partial charge is 0.465 e. The Balaban J connectivity index is -0.000000164. The van der Waals surface area contributed by atoms with Gasteiger partial charge in [0.2, 0.25) is 11.8 Å². The molecule has 12 heteroatoms. The summed E-state index contributed by atoms with van der Waals surface area (Å²) in [7, 11) is 0. The van der Waals surface area contributed by atoms with E-state index in [2.05, 4.69) is 11.9 Å². The zero-order valence-electron chi connectivity index (χ0n) is 13.8. The molecule has 0 spiro atoms. The molecule has 0 aliphatic carbocycles. The van der Waals surface area contributed by atoms with Crippen molar-refractivity contribution in [1.29, 1.82) is 0 Å². The van der Waals surface area contributed by atoms with Crippen LogP contribution in [-0.4, -0.2) is 53.1 Å². The fourth-order valence-corrected chi connectivity index (χ4v) is 1.27. The highest BCUT2D eigenvalue weighted by atomic mass is 16.4. The molecule has 0 aromatic carbocycles. The number of primary amides is 2. The molecule has 0 bridgehead atoms. The van der Waals surface area contributed by atoms with Gasteiger partial charge in [-0.05, 0) is 19.0 Å². The highest BCUT2D eigenvalue weighted by Crippen LogP contribution is 1.93. The molecule has 0 aliphatic rings. The van der Waals surface area contributed by atoms with E-state index >= 15 is 0 Å². The molecule has 0 saturated heterocycles. The molecule has 0 fully saturated rings. The van der Waals surface area contributed by atoms with Crippen LogP contribution >= 0.6 is 0 Å². The molecule has 0 saturated carbocycles. The quantitative estimate of drug-likeness (QED) is 0.222. The van der Waals surface area contributed by atoms with Gasteiger partial charge < -0.3 is 48.4 Å². The molecule has 12 N–H and O–H groups in total. The van der Waals surface area contributed by atoms with Crippen LogP contribution in [0.5, 0.6) is 0 Å². The molecule has 0 aromatic rings. The van der Waals surface area contributed by atoms with E-state index in [1.54, 1.807) is 0 Å². The second-order valence-corrected chi connectivity index (χ2v) is 4.32. The Morgan fingerprint density at radius 1 is 1.00 bits per heavy atom. The molecule has 3 amide bonds. The van der Waals surface area contributed by atoms with Crippen molar-refractivity contribution in [3.63, 3.8) is 0 Å². The third-order valence-electron chi connectivity index (χ3n) is 2.37. The van der Waals surface area contributed by atoms with Gasteiger partial charge in [0.1, 0.15) is 12.6 Å². The van der Waals surface area contributed by atoms with Crippen molar-refractivity contribution >= 4 is 30.5 Å². The molecule has 25 heavy (non-hydrogen) atoms. The van der Waals surface area contributed by atoms with Gasteiger partial charge in [-0.15, -0.1) is 0 Å². The number of hydrogen-bond acceptors (Lipinski definition) is 7. The van der Waals surface area contributed by atoms with E-state index in [9.17, 15) is 24.0 Å². The van der Waals surface area contributed by atoms with Crippen molar-refractivity contribution in [3.8, 4) is 0 Å². The first kappa shape index (κ1) is 30.0. The summed E-state index contributed by atoms with van der Waals surface area (Å²) in [6.07, 6.45) is 2.00. The molecular weight excluding hydrogens is 338 g/mol.